The third-order valence-electron chi connectivity index (χ3n) is 2.65. The van der Waals surface area contributed by atoms with Gasteiger partial charge in [-0.05, 0) is 31.5 Å². The summed E-state index contributed by atoms with van der Waals surface area (Å²) in [5.74, 6) is 0.398. The molecule has 2 N–H and O–H groups in total. The van der Waals surface area contributed by atoms with Crippen molar-refractivity contribution < 1.29 is 14.3 Å². The fourth-order valence-corrected chi connectivity index (χ4v) is 1.61. The smallest absolute Gasteiger partial charge is 0.242 e. The molecule has 0 fully saturated rings. The number of carbonyl (C=O) groups is 2. The fraction of sp³-hybridized carbons (Fsp3) is 0.429. The molecule has 0 saturated heterocycles. The normalized spacial score (nSPS) is 11.5. The van der Waals surface area contributed by atoms with Crippen LogP contribution in [0, 0.1) is 0 Å². The van der Waals surface area contributed by atoms with Crippen molar-refractivity contribution in [3.8, 4) is 5.75 Å². The third-order valence-corrected chi connectivity index (χ3v) is 2.65. The van der Waals surface area contributed by atoms with Gasteiger partial charge >= 0.3 is 0 Å². The predicted octanol–water partition coefficient (Wildman–Crippen LogP) is 0.878. The molecule has 2 amide bonds. The van der Waals surface area contributed by atoms with E-state index in [4.69, 9.17) is 4.74 Å². The van der Waals surface area contributed by atoms with E-state index in [1.54, 1.807) is 26.2 Å². The number of amides is 2. The lowest BCUT2D eigenvalue weighted by Gasteiger charge is -2.13. The van der Waals surface area contributed by atoms with E-state index in [0.29, 0.717) is 6.54 Å². The highest BCUT2D eigenvalue weighted by molar-refractivity contribution is 5.88. The van der Waals surface area contributed by atoms with Gasteiger partial charge in [0.15, 0.2) is 0 Å². The van der Waals surface area contributed by atoms with Gasteiger partial charge in [0, 0.05) is 6.54 Å². The largest absolute Gasteiger partial charge is 0.497 e. The first-order chi connectivity index (χ1) is 9.06. The molecule has 0 aromatic heterocycles. The SMILES string of the molecule is CCNC(=O)[C@@H](C)NC(=O)Cc1ccc(OC)cc1. The average Bonchev–Trinajstić information content (AvgIpc) is 2.39. The number of rotatable bonds is 6. The van der Waals surface area contributed by atoms with Gasteiger partial charge in [-0.25, -0.2) is 0 Å². The van der Waals surface area contributed by atoms with Gasteiger partial charge in [-0.15, -0.1) is 0 Å². The molecule has 0 aliphatic heterocycles. The van der Waals surface area contributed by atoms with Crippen LogP contribution in [-0.2, 0) is 16.0 Å². The Balaban J connectivity index is 2.48. The molecule has 0 unspecified atom stereocenters. The maximum absolute atomic E-state index is 11.8. The van der Waals surface area contributed by atoms with Gasteiger partial charge in [0.05, 0.1) is 13.5 Å². The van der Waals surface area contributed by atoms with E-state index in [-0.39, 0.29) is 18.2 Å². The van der Waals surface area contributed by atoms with Gasteiger partial charge in [-0.2, -0.15) is 0 Å². The molecule has 1 atom stereocenters. The molecule has 0 aliphatic rings. The van der Waals surface area contributed by atoms with Gasteiger partial charge in [-0.1, -0.05) is 12.1 Å². The van der Waals surface area contributed by atoms with E-state index in [1.165, 1.54) is 0 Å². The predicted molar refractivity (Wildman–Crippen MR) is 73.0 cm³/mol. The zero-order valence-corrected chi connectivity index (χ0v) is 11.5. The van der Waals surface area contributed by atoms with Crippen molar-refractivity contribution in [3.63, 3.8) is 0 Å². The lowest BCUT2D eigenvalue weighted by molar-refractivity contribution is -0.128. The summed E-state index contributed by atoms with van der Waals surface area (Å²) in [6.07, 6.45) is 0.244. The summed E-state index contributed by atoms with van der Waals surface area (Å²) >= 11 is 0. The number of nitrogens with one attached hydrogen (secondary N) is 2. The van der Waals surface area contributed by atoms with E-state index in [9.17, 15) is 9.59 Å². The van der Waals surface area contributed by atoms with E-state index >= 15 is 0 Å². The van der Waals surface area contributed by atoms with Gasteiger partial charge < -0.3 is 15.4 Å². The summed E-state index contributed by atoms with van der Waals surface area (Å²) in [5.41, 5.74) is 0.876. The maximum Gasteiger partial charge on any atom is 0.242 e. The van der Waals surface area contributed by atoms with Crippen LogP contribution in [-0.4, -0.2) is 31.5 Å². The van der Waals surface area contributed by atoms with Crippen LogP contribution < -0.4 is 15.4 Å². The van der Waals surface area contributed by atoms with Crippen LogP contribution in [0.5, 0.6) is 5.75 Å². The minimum Gasteiger partial charge on any atom is -0.497 e. The number of benzene rings is 1. The second kappa shape index (κ2) is 7.41. The molecule has 1 rings (SSSR count). The maximum atomic E-state index is 11.8. The standard InChI is InChI=1S/C14H20N2O3/c1-4-15-14(18)10(2)16-13(17)9-11-5-7-12(19-3)8-6-11/h5-8,10H,4,9H2,1-3H3,(H,15,18)(H,16,17)/t10-/m1/s1. The number of methoxy groups -OCH3 is 1. The molecular formula is C14H20N2O3. The lowest BCUT2D eigenvalue weighted by atomic mass is 10.1. The van der Waals surface area contributed by atoms with E-state index < -0.39 is 6.04 Å². The molecule has 0 aliphatic carbocycles. The van der Waals surface area contributed by atoms with E-state index in [0.717, 1.165) is 11.3 Å². The Hall–Kier alpha value is -2.04. The number of hydrogen-bond acceptors (Lipinski definition) is 3. The highest BCUT2D eigenvalue weighted by Crippen LogP contribution is 2.11. The molecule has 1 aromatic carbocycles. The van der Waals surface area contributed by atoms with E-state index in [1.807, 2.05) is 19.1 Å². The first-order valence-corrected chi connectivity index (χ1v) is 6.26. The number of likely N-dealkylation sites (N-methyl/N-ethyl adjacent to an activating group) is 1. The Labute approximate surface area is 113 Å². The Kier molecular flexibility index (Phi) is 5.85. The van der Waals surface area contributed by atoms with Crippen LogP contribution in [0.1, 0.15) is 19.4 Å². The molecule has 1 aromatic rings. The molecule has 104 valence electrons. The number of carbonyl (C=O) groups excluding carboxylic acids is 2. The minimum absolute atomic E-state index is 0.175. The van der Waals surface area contributed by atoms with Crippen LogP contribution >= 0.6 is 0 Å². The first-order valence-electron chi connectivity index (χ1n) is 6.26. The molecule has 0 radical (unpaired) electrons. The second-order valence-electron chi connectivity index (χ2n) is 4.21. The van der Waals surface area contributed by atoms with Crippen LogP contribution in [0.25, 0.3) is 0 Å². The van der Waals surface area contributed by atoms with Crippen molar-refractivity contribution in [2.45, 2.75) is 26.3 Å². The molecule has 0 bridgehead atoms. The van der Waals surface area contributed by atoms with Crippen molar-refractivity contribution in [3.05, 3.63) is 29.8 Å². The molecule has 5 heteroatoms. The Morgan fingerprint density at radius 3 is 2.42 bits per heavy atom. The van der Waals surface area contributed by atoms with Gasteiger partial charge in [-0.3, -0.25) is 9.59 Å². The Bertz CT molecular complexity index is 429. The monoisotopic (exact) mass is 264 g/mol. The van der Waals surface area contributed by atoms with Gasteiger partial charge in [0.25, 0.3) is 0 Å². The number of hydrogen-bond donors (Lipinski definition) is 2. The van der Waals surface area contributed by atoms with Crippen molar-refractivity contribution >= 4 is 11.8 Å². The van der Waals surface area contributed by atoms with Crippen molar-refractivity contribution in [2.24, 2.45) is 0 Å². The molecule has 0 heterocycles. The van der Waals surface area contributed by atoms with Crippen LogP contribution in [0.15, 0.2) is 24.3 Å². The van der Waals surface area contributed by atoms with Gasteiger partial charge in [0.1, 0.15) is 11.8 Å². The Morgan fingerprint density at radius 2 is 1.89 bits per heavy atom. The summed E-state index contributed by atoms with van der Waals surface area (Å²) in [6, 6.07) is 6.74. The van der Waals surface area contributed by atoms with Crippen LogP contribution in [0.4, 0.5) is 0 Å². The molecule has 0 spiro atoms. The van der Waals surface area contributed by atoms with E-state index in [2.05, 4.69) is 10.6 Å². The molecule has 19 heavy (non-hydrogen) atoms. The number of ether oxygens (including phenoxy) is 1. The van der Waals surface area contributed by atoms with Crippen molar-refractivity contribution in [2.75, 3.05) is 13.7 Å². The summed E-state index contributed by atoms with van der Waals surface area (Å²) in [7, 11) is 1.59. The average molecular weight is 264 g/mol. The first kappa shape index (κ1) is 15.0. The van der Waals surface area contributed by atoms with Crippen LogP contribution in [0.3, 0.4) is 0 Å². The topological polar surface area (TPSA) is 67.4 Å². The summed E-state index contributed by atoms with van der Waals surface area (Å²) in [6.45, 7) is 4.05. The molecule has 0 saturated carbocycles. The highest BCUT2D eigenvalue weighted by atomic mass is 16.5. The quantitative estimate of drug-likeness (QED) is 0.801. The minimum atomic E-state index is -0.523. The fourth-order valence-electron chi connectivity index (χ4n) is 1.61. The van der Waals surface area contributed by atoms with Crippen molar-refractivity contribution in [1.82, 2.24) is 10.6 Å². The van der Waals surface area contributed by atoms with Crippen LogP contribution in [0.2, 0.25) is 0 Å². The highest BCUT2D eigenvalue weighted by Gasteiger charge is 2.14. The zero-order chi connectivity index (χ0) is 14.3. The lowest BCUT2D eigenvalue weighted by Crippen LogP contribution is -2.45. The summed E-state index contributed by atoms with van der Waals surface area (Å²) in [4.78, 5) is 23.2. The zero-order valence-electron chi connectivity index (χ0n) is 11.5. The second-order valence-corrected chi connectivity index (χ2v) is 4.21. The molecule has 5 nitrogen and oxygen atoms in total. The third kappa shape index (κ3) is 4.99. The van der Waals surface area contributed by atoms with Crippen molar-refractivity contribution in [1.29, 1.82) is 0 Å². The molecular weight excluding hydrogens is 244 g/mol. The summed E-state index contributed by atoms with van der Waals surface area (Å²) < 4.78 is 5.04. The summed E-state index contributed by atoms with van der Waals surface area (Å²) in [5, 5.41) is 5.32. The van der Waals surface area contributed by atoms with Gasteiger partial charge in [0.2, 0.25) is 11.8 Å². The Morgan fingerprint density at radius 1 is 1.26 bits per heavy atom.